The van der Waals surface area contributed by atoms with Crippen LogP contribution in [0.4, 0.5) is 0 Å². The van der Waals surface area contributed by atoms with Gasteiger partial charge in [-0.05, 0) is 0 Å². The Morgan fingerprint density at radius 3 is 1.88 bits per heavy atom. The fourth-order valence-corrected chi connectivity index (χ4v) is 1.99. The molecule has 0 aromatic heterocycles. The van der Waals surface area contributed by atoms with Crippen LogP contribution < -0.4 is 0 Å². The molecular weight excluding hydrogens is 254 g/mol. The second-order valence-corrected chi connectivity index (χ2v) is 5.19. The standard InChI is InChI=1S/H2O6Se2/c1-7(2)6-8(3,4)5/h(H,1,2)(H,3,4,5). The molecule has 8 heteroatoms. The summed E-state index contributed by atoms with van der Waals surface area (Å²) in [5, 5.41) is 0. The van der Waals surface area contributed by atoms with E-state index in [-0.39, 0.29) is 0 Å². The van der Waals surface area contributed by atoms with Crippen LogP contribution in [0.25, 0.3) is 0 Å². The van der Waals surface area contributed by atoms with Crippen LogP contribution in [0.3, 0.4) is 0 Å². The third kappa shape index (κ3) is 6.32. The Morgan fingerprint density at radius 2 is 1.88 bits per heavy atom. The maximum absolute atomic E-state index is 9.52. The van der Waals surface area contributed by atoms with E-state index >= 15 is 0 Å². The monoisotopic (exact) mass is 258 g/mol. The van der Waals surface area contributed by atoms with Crippen molar-refractivity contribution < 1.29 is 22.8 Å². The van der Waals surface area contributed by atoms with E-state index in [4.69, 9.17) is 8.38 Å². The molecule has 2 N–H and O–H groups in total. The molecule has 1 unspecified atom stereocenters. The molecule has 50 valence electrons. The first kappa shape index (κ1) is 8.32. The molecular formula is H2O6Se2. The van der Waals surface area contributed by atoms with E-state index in [0.29, 0.717) is 0 Å². The van der Waals surface area contributed by atoms with Crippen molar-refractivity contribution in [1.29, 1.82) is 0 Å². The summed E-state index contributed by atoms with van der Waals surface area (Å²) in [6.07, 6.45) is 0. The van der Waals surface area contributed by atoms with Gasteiger partial charge in [0.25, 0.3) is 0 Å². The molecule has 0 heterocycles. The van der Waals surface area contributed by atoms with E-state index in [1.807, 2.05) is 0 Å². The Hall–Kier alpha value is 0.319. The Labute approximate surface area is 51.1 Å². The predicted octanol–water partition coefficient (Wildman–Crippen LogP) is -2.30. The SMILES string of the molecule is O=[Se](O)O[Se](=O)(=O)O. The molecule has 0 saturated carbocycles. The van der Waals surface area contributed by atoms with Gasteiger partial charge in [0.2, 0.25) is 0 Å². The average Bonchev–Trinajstić information content (AvgIpc) is 1.21. The Morgan fingerprint density at radius 1 is 1.50 bits per heavy atom. The molecule has 1 atom stereocenters. The molecule has 0 spiro atoms. The van der Waals surface area contributed by atoms with E-state index in [2.05, 4.69) is 2.90 Å². The van der Waals surface area contributed by atoms with E-state index in [1.165, 1.54) is 0 Å². The Kier molecular flexibility index (Phi) is 2.85. The molecule has 0 saturated heterocycles. The summed E-state index contributed by atoms with van der Waals surface area (Å²) in [7, 11) is 0. The van der Waals surface area contributed by atoms with Crippen LogP contribution in [0.2, 0.25) is 0 Å². The summed E-state index contributed by atoms with van der Waals surface area (Å²) in [5.41, 5.74) is 0. The summed E-state index contributed by atoms with van der Waals surface area (Å²) in [5.74, 6) is 0. The molecule has 0 aliphatic heterocycles. The van der Waals surface area contributed by atoms with Gasteiger partial charge in [-0.2, -0.15) is 0 Å². The van der Waals surface area contributed by atoms with Crippen LogP contribution in [0.15, 0.2) is 0 Å². The summed E-state index contributed by atoms with van der Waals surface area (Å²) in [6, 6.07) is 0. The van der Waals surface area contributed by atoms with Crippen molar-refractivity contribution in [2.24, 2.45) is 0 Å². The summed E-state index contributed by atoms with van der Waals surface area (Å²) >= 11 is -9.12. The van der Waals surface area contributed by atoms with Gasteiger partial charge in [-0.15, -0.1) is 0 Å². The molecule has 0 aliphatic rings. The average molecular weight is 256 g/mol. The number of hydrogen-bond acceptors (Lipinski definition) is 4. The van der Waals surface area contributed by atoms with E-state index in [9.17, 15) is 11.5 Å². The molecule has 0 aromatic carbocycles. The van der Waals surface area contributed by atoms with Crippen LogP contribution >= 0.6 is 0 Å². The number of rotatable bonds is 2. The Balaban J connectivity index is 3.95. The fourth-order valence-electron chi connectivity index (χ4n) is 0.0736. The minimum atomic E-state index is -5.38. The van der Waals surface area contributed by atoms with Crippen molar-refractivity contribution in [2.45, 2.75) is 0 Å². The van der Waals surface area contributed by atoms with Gasteiger partial charge in [-0.1, -0.05) is 0 Å². The van der Waals surface area contributed by atoms with Gasteiger partial charge < -0.3 is 0 Å². The first-order valence-electron chi connectivity index (χ1n) is 1.20. The van der Waals surface area contributed by atoms with Gasteiger partial charge in [0.15, 0.2) is 0 Å². The molecule has 8 heavy (non-hydrogen) atoms. The van der Waals surface area contributed by atoms with E-state index in [1.54, 1.807) is 0 Å². The van der Waals surface area contributed by atoms with Crippen molar-refractivity contribution in [3.63, 3.8) is 0 Å². The molecule has 0 aromatic rings. The normalized spacial score (nSPS) is 15.8. The van der Waals surface area contributed by atoms with Crippen LogP contribution in [-0.4, -0.2) is 36.2 Å². The fraction of sp³-hybridized carbons (Fsp3) is 0. The third-order valence-corrected chi connectivity index (χ3v) is 3.89. The third-order valence-electron chi connectivity index (χ3n) is 0.144. The first-order valence-corrected chi connectivity index (χ1v) is 6.23. The molecule has 0 aliphatic carbocycles. The Bertz CT molecular complexity index is 173. The van der Waals surface area contributed by atoms with Crippen molar-refractivity contribution in [3.8, 4) is 0 Å². The predicted molar refractivity (Wildman–Crippen MR) is 19.1 cm³/mol. The van der Waals surface area contributed by atoms with Crippen molar-refractivity contribution >= 4 is 27.9 Å². The zero-order valence-electron chi connectivity index (χ0n) is 3.34. The second-order valence-electron chi connectivity index (χ2n) is 0.713. The van der Waals surface area contributed by atoms with Gasteiger partial charge in [0.1, 0.15) is 0 Å². The molecule has 0 bridgehead atoms. The molecule has 0 radical (unpaired) electrons. The molecule has 0 amide bonds. The van der Waals surface area contributed by atoms with Crippen LogP contribution in [0.5, 0.6) is 0 Å². The van der Waals surface area contributed by atoms with Crippen molar-refractivity contribution in [2.75, 3.05) is 0 Å². The van der Waals surface area contributed by atoms with Crippen LogP contribution in [0, 0.1) is 0 Å². The second kappa shape index (κ2) is 2.74. The quantitative estimate of drug-likeness (QED) is 0.539. The summed E-state index contributed by atoms with van der Waals surface area (Å²) in [6.45, 7) is 0. The zero-order chi connectivity index (χ0) is 6.78. The first-order chi connectivity index (χ1) is 3.42. The van der Waals surface area contributed by atoms with Crippen LogP contribution in [-0.2, 0) is 14.4 Å². The van der Waals surface area contributed by atoms with Gasteiger partial charge in [-0.25, -0.2) is 0 Å². The van der Waals surface area contributed by atoms with Crippen LogP contribution in [0.1, 0.15) is 0 Å². The topological polar surface area (TPSA) is 101 Å². The van der Waals surface area contributed by atoms with Gasteiger partial charge in [0.05, 0.1) is 0 Å². The molecule has 0 fully saturated rings. The van der Waals surface area contributed by atoms with Gasteiger partial charge in [-0.3, -0.25) is 0 Å². The molecule has 6 nitrogen and oxygen atoms in total. The van der Waals surface area contributed by atoms with E-state index in [0.717, 1.165) is 0 Å². The number of hydrogen-bond donors (Lipinski definition) is 2. The van der Waals surface area contributed by atoms with Gasteiger partial charge in [0, 0.05) is 0 Å². The van der Waals surface area contributed by atoms with Crippen molar-refractivity contribution in [3.05, 3.63) is 0 Å². The maximum atomic E-state index is 9.52. The summed E-state index contributed by atoms with van der Waals surface area (Å²) in [4.78, 5) is 0. The minimum absolute atomic E-state index is 3.16. The van der Waals surface area contributed by atoms with Gasteiger partial charge >= 0.3 is 50.6 Å². The summed E-state index contributed by atoms with van der Waals surface area (Å²) < 4.78 is 47.1. The zero-order valence-corrected chi connectivity index (χ0v) is 6.77. The van der Waals surface area contributed by atoms with Crippen molar-refractivity contribution in [1.82, 2.24) is 0 Å². The molecule has 0 rings (SSSR count). The van der Waals surface area contributed by atoms with E-state index < -0.39 is 27.9 Å².